The average molecular weight is 428 g/mol. The molecule has 2 aromatic rings. The number of benzene rings is 2. The molecule has 0 aliphatic carbocycles. The van der Waals surface area contributed by atoms with Crippen molar-refractivity contribution in [1.29, 1.82) is 0 Å². The minimum atomic E-state index is -0.0774. The Kier molecular flexibility index (Phi) is 7.51. The standard InChI is InChI=1S/C24H30ClN3O2/c1-17(2)19-4-6-21(7-5-19)24(30)28-14-12-27(13-15-28)16-23(29)26-18(3)20-8-10-22(25)11-9-20/h4-11,17-18H,12-16H2,1-3H3,(H,26,29). The van der Waals surface area contributed by atoms with Crippen LogP contribution in [-0.4, -0.2) is 54.3 Å². The number of nitrogens with one attached hydrogen (secondary N) is 1. The smallest absolute Gasteiger partial charge is 0.253 e. The first-order valence-corrected chi connectivity index (χ1v) is 10.9. The van der Waals surface area contributed by atoms with E-state index in [1.165, 1.54) is 5.56 Å². The molecule has 6 heteroatoms. The van der Waals surface area contributed by atoms with Crippen LogP contribution in [0.2, 0.25) is 5.02 Å². The molecule has 0 saturated carbocycles. The summed E-state index contributed by atoms with van der Waals surface area (Å²) in [4.78, 5) is 29.1. The number of carbonyl (C=O) groups is 2. The van der Waals surface area contributed by atoms with Gasteiger partial charge in [0.2, 0.25) is 5.91 Å². The number of piperazine rings is 1. The van der Waals surface area contributed by atoms with Crippen LogP contribution < -0.4 is 5.32 Å². The summed E-state index contributed by atoms with van der Waals surface area (Å²) in [5.74, 6) is 0.499. The first-order chi connectivity index (χ1) is 14.3. The largest absolute Gasteiger partial charge is 0.348 e. The second-order valence-corrected chi connectivity index (χ2v) is 8.62. The molecule has 1 N–H and O–H groups in total. The molecule has 5 nitrogen and oxygen atoms in total. The number of hydrogen-bond donors (Lipinski definition) is 1. The minimum Gasteiger partial charge on any atom is -0.348 e. The van der Waals surface area contributed by atoms with Gasteiger partial charge in [-0.15, -0.1) is 0 Å². The fourth-order valence-electron chi connectivity index (χ4n) is 3.63. The Labute approximate surface area is 184 Å². The highest BCUT2D eigenvalue weighted by Crippen LogP contribution is 2.17. The van der Waals surface area contributed by atoms with Crippen LogP contribution in [0.25, 0.3) is 0 Å². The van der Waals surface area contributed by atoms with E-state index in [0.29, 0.717) is 43.7 Å². The number of hydrogen-bond acceptors (Lipinski definition) is 3. The zero-order valence-electron chi connectivity index (χ0n) is 17.9. The molecule has 1 heterocycles. The van der Waals surface area contributed by atoms with Crippen LogP contribution in [0.15, 0.2) is 48.5 Å². The van der Waals surface area contributed by atoms with E-state index in [1.54, 1.807) is 0 Å². The molecular weight excluding hydrogens is 398 g/mol. The van der Waals surface area contributed by atoms with Crippen molar-refractivity contribution < 1.29 is 9.59 Å². The second kappa shape index (κ2) is 10.1. The van der Waals surface area contributed by atoms with Crippen LogP contribution in [0.1, 0.15) is 54.2 Å². The SMILES string of the molecule is CC(C)c1ccc(C(=O)N2CCN(CC(=O)NC(C)c3ccc(Cl)cc3)CC2)cc1. The summed E-state index contributed by atoms with van der Waals surface area (Å²) >= 11 is 5.92. The third kappa shape index (κ3) is 5.83. The van der Waals surface area contributed by atoms with Crippen molar-refractivity contribution in [2.75, 3.05) is 32.7 Å². The molecule has 2 amide bonds. The maximum absolute atomic E-state index is 12.8. The maximum Gasteiger partial charge on any atom is 0.253 e. The zero-order chi connectivity index (χ0) is 21.7. The Morgan fingerprint density at radius 2 is 1.47 bits per heavy atom. The lowest BCUT2D eigenvalue weighted by Gasteiger charge is -2.34. The zero-order valence-corrected chi connectivity index (χ0v) is 18.7. The molecule has 0 radical (unpaired) electrons. The molecule has 1 aliphatic heterocycles. The van der Waals surface area contributed by atoms with Gasteiger partial charge in [0.1, 0.15) is 0 Å². The first-order valence-electron chi connectivity index (χ1n) is 10.5. The summed E-state index contributed by atoms with van der Waals surface area (Å²) in [6, 6.07) is 15.3. The highest BCUT2D eigenvalue weighted by molar-refractivity contribution is 6.30. The van der Waals surface area contributed by atoms with Crippen LogP contribution in [-0.2, 0) is 4.79 Å². The van der Waals surface area contributed by atoms with Crippen molar-refractivity contribution in [2.24, 2.45) is 0 Å². The number of rotatable bonds is 6. The van der Waals surface area contributed by atoms with E-state index >= 15 is 0 Å². The van der Waals surface area contributed by atoms with Gasteiger partial charge < -0.3 is 10.2 Å². The van der Waals surface area contributed by atoms with Gasteiger partial charge in [0.05, 0.1) is 12.6 Å². The number of carbonyl (C=O) groups excluding carboxylic acids is 2. The molecule has 1 atom stereocenters. The van der Waals surface area contributed by atoms with E-state index in [0.717, 1.165) is 11.1 Å². The van der Waals surface area contributed by atoms with Gasteiger partial charge in [0, 0.05) is 36.8 Å². The second-order valence-electron chi connectivity index (χ2n) is 8.19. The van der Waals surface area contributed by atoms with Crippen LogP contribution in [0.3, 0.4) is 0 Å². The van der Waals surface area contributed by atoms with Crippen LogP contribution in [0, 0.1) is 0 Å². The molecule has 1 aliphatic rings. The molecule has 160 valence electrons. The van der Waals surface area contributed by atoms with E-state index in [-0.39, 0.29) is 17.9 Å². The molecule has 0 bridgehead atoms. The molecule has 30 heavy (non-hydrogen) atoms. The van der Waals surface area contributed by atoms with Crippen LogP contribution >= 0.6 is 11.6 Å². The third-order valence-corrected chi connectivity index (χ3v) is 5.85. The lowest BCUT2D eigenvalue weighted by molar-refractivity contribution is -0.123. The van der Waals surface area contributed by atoms with E-state index in [9.17, 15) is 9.59 Å². The van der Waals surface area contributed by atoms with E-state index in [2.05, 4.69) is 24.1 Å². The summed E-state index contributed by atoms with van der Waals surface area (Å²) in [7, 11) is 0. The Balaban J connectivity index is 1.46. The molecule has 1 unspecified atom stereocenters. The fraction of sp³-hybridized carbons (Fsp3) is 0.417. The highest BCUT2D eigenvalue weighted by Gasteiger charge is 2.23. The topological polar surface area (TPSA) is 52.7 Å². The molecule has 3 rings (SSSR count). The molecule has 1 saturated heterocycles. The van der Waals surface area contributed by atoms with Crippen molar-refractivity contribution in [1.82, 2.24) is 15.1 Å². The van der Waals surface area contributed by atoms with Gasteiger partial charge >= 0.3 is 0 Å². The monoisotopic (exact) mass is 427 g/mol. The van der Waals surface area contributed by atoms with E-state index < -0.39 is 0 Å². The molecule has 0 spiro atoms. The average Bonchev–Trinajstić information content (AvgIpc) is 2.74. The summed E-state index contributed by atoms with van der Waals surface area (Å²) in [6.45, 7) is 9.23. The van der Waals surface area contributed by atoms with Crippen molar-refractivity contribution in [3.8, 4) is 0 Å². The molecule has 2 aromatic carbocycles. The summed E-state index contributed by atoms with van der Waals surface area (Å²) in [5, 5.41) is 3.71. The van der Waals surface area contributed by atoms with Gasteiger partial charge in [-0.25, -0.2) is 0 Å². The summed E-state index contributed by atoms with van der Waals surface area (Å²) < 4.78 is 0. The predicted molar refractivity (Wildman–Crippen MR) is 121 cm³/mol. The van der Waals surface area contributed by atoms with Gasteiger partial charge in [0.25, 0.3) is 5.91 Å². The van der Waals surface area contributed by atoms with Crippen LogP contribution in [0.4, 0.5) is 0 Å². The summed E-state index contributed by atoms with van der Waals surface area (Å²) in [5.41, 5.74) is 2.98. The van der Waals surface area contributed by atoms with Crippen molar-refractivity contribution in [3.05, 3.63) is 70.2 Å². The highest BCUT2D eigenvalue weighted by atomic mass is 35.5. The van der Waals surface area contributed by atoms with Gasteiger partial charge in [-0.05, 0) is 48.2 Å². The Bertz CT molecular complexity index is 857. The minimum absolute atomic E-state index is 0.0125. The lowest BCUT2D eigenvalue weighted by Crippen LogP contribution is -2.51. The predicted octanol–water partition coefficient (Wildman–Crippen LogP) is 4.10. The van der Waals surface area contributed by atoms with Gasteiger partial charge in [-0.3, -0.25) is 14.5 Å². The van der Waals surface area contributed by atoms with Gasteiger partial charge in [0.15, 0.2) is 0 Å². The van der Waals surface area contributed by atoms with E-state index in [4.69, 9.17) is 11.6 Å². The normalized spacial score (nSPS) is 15.8. The Hall–Kier alpha value is -2.37. The van der Waals surface area contributed by atoms with Gasteiger partial charge in [-0.2, -0.15) is 0 Å². The number of halogens is 1. The molecule has 0 aromatic heterocycles. The number of nitrogens with zero attached hydrogens (tertiary/aromatic N) is 2. The first kappa shape index (κ1) is 22.3. The Morgan fingerprint density at radius 1 is 0.900 bits per heavy atom. The van der Waals surface area contributed by atoms with Crippen molar-refractivity contribution in [2.45, 2.75) is 32.7 Å². The third-order valence-electron chi connectivity index (χ3n) is 5.60. The van der Waals surface area contributed by atoms with Crippen molar-refractivity contribution >= 4 is 23.4 Å². The lowest BCUT2D eigenvalue weighted by atomic mass is 10.0. The van der Waals surface area contributed by atoms with Gasteiger partial charge in [-0.1, -0.05) is 49.7 Å². The van der Waals surface area contributed by atoms with Crippen molar-refractivity contribution in [3.63, 3.8) is 0 Å². The Morgan fingerprint density at radius 3 is 2.03 bits per heavy atom. The molecular formula is C24H30ClN3O2. The molecule has 1 fully saturated rings. The van der Waals surface area contributed by atoms with Crippen LogP contribution in [0.5, 0.6) is 0 Å². The maximum atomic E-state index is 12.8. The quantitative estimate of drug-likeness (QED) is 0.755. The summed E-state index contributed by atoms with van der Waals surface area (Å²) in [6.07, 6.45) is 0. The van der Waals surface area contributed by atoms with E-state index in [1.807, 2.05) is 60.4 Å². The fourth-order valence-corrected chi connectivity index (χ4v) is 3.75. The number of amides is 2.